The molecule has 0 atom stereocenters. The van der Waals surface area contributed by atoms with Crippen LogP contribution in [0.5, 0.6) is 0 Å². The maximum Gasteiger partial charge on any atom is 0.293 e. The molecule has 0 saturated heterocycles. The molecular formula is C12H11N3O5S. The molecule has 5 N–H and O–H groups in total. The molecule has 1 heterocycles. The number of sulfonamides is 1. The Morgan fingerprint density at radius 3 is 2.29 bits per heavy atom. The summed E-state index contributed by atoms with van der Waals surface area (Å²) < 4.78 is 26.8. The van der Waals surface area contributed by atoms with Gasteiger partial charge in [0.2, 0.25) is 5.09 Å². The minimum absolute atomic E-state index is 0.115. The third kappa shape index (κ3) is 3.27. The number of primary sulfonamides is 1. The summed E-state index contributed by atoms with van der Waals surface area (Å²) >= 11 is 0. The number of hydrogen-bond donors (Lipinski definition) is 3. The molecule has 0 aliphatic rings. The van der Waals surface area contributed by atoms with Gasteiger partial charge in [0.25, 0.3) is 21.8 Å². The van der Waals surface area contributed by atoms with Gasteiger partial charge in [0.05, 0.1) is 5.56 Å². The van der Waals surface area contributed by atoms with E-state index in [4.69, 9.17) is 15.3 Å². The normalized spacial score (nSPS) is 11.1. The van der Waals surface area contributed by atoms with Crippen LogP contribution in [0.4, 0.5) is 5.69 Å². The summed E-state index contributed by atoms with van der Waals surface area (Å²) in [4.78, 5) is 23.6. The van der Waals surface area contributed by atoms with E-state index in [0.29, 0.717) is 0 Å². The number of amides is 2. The molecule has 0 bridgehead atoms. The Kier molecular flexibility index (Phi) is 3.78. The highest BCUT2D eigenvalue weighted by Crippen LogP contribution is 2.13. The molecule has 0 saturated carbocycles. The lowest BCUT2D eigenvalue weighted by molar-refractivity contribution is 0.0830. The zero-order valence-electron chi connectivity index (χ0n) is 10.6. The van der Waals surface area contributed by atoms with E-state index in [1.54, 1.807) is 12.1 Å². The van der Waals surface area contributed by atoms with Gasteiger partial charge < -0.3 is 10.2 Å². The molecule has 1 aromatic heterocycles. The van der Waals surface area contributed by atoms with Gasteiger partial charge in [0.15, 0.2) is 5.76 Å². The van der Waals surface area contributed by atoms with E-state index < -0.39 is 26.9 Å². The van der Waals surface area contributed by atoms with Crippen LogP contribution in [0.1, 0.15) is 20.9 Å². The maximum atomic E-state index is 11.9. The molecule has 21 heavy (non-hydrogen) atoms. The molecule has 2 aromatic rings. The fourth-order valence-electron chi connectivity index (χ4n) is 1.53. The second-order valence-corrected chi connectivity index (χ2v) is 5.53. The first-order chi connectivity index (χ1) is 9.79. The summed E-state index contributed by atoms with van der Waals surface area (Å²) in [6, 6.07) is 8.28. The van der Waals surface area contributed by atoms with E-state index in [2.05, 4.69) is 0 Å². The van der Waals surface area contributed by atoms with E-state index in [9.17, 15) is 18.0 Å². The van der Waals surface area contributed by atoms with Gasteiger partial charge in [-0.25, -0.2) is 13.6 Å². The van der Waals surface area contributed by atoms with Gasteiger partial charge in [-0.05, 0) is 24.3 Å². The zero-order valence-corrected chi connectivity index (χ0v) is 11.4. The van der Waals surface area contributed by atoms with Crippen LogP contribution < -0.4 is 16.2 Å². The summed E-state index contributed by atoms with van der Waals surface area (Å²) in [7, 11) is -4.05. The Morgan fingerprint density at radius 2 is 1.71 bits per heavy atom. The summed E-state index contributed by atoms with van der Waals surface area (Å²) in [5, 5.41) is 6.31. The van der Waals surface area contributed by atoms with Crippen LogP contribution in [-0.4, -0.2) is 20.2 Å². The standard InChI is InChI=1S/C12H11N3O5S/c13-8-4-2-1-3-7(8)11(16)15-12(17)9-5-6-10(20-9)21(14,18)19/h1-6H,13H2,(H2,14,18,19)(H,15,16,17). The van der Waals surface area contributed by atoms with Crippen molar-refractivity contribution < 1.29 is 22.4 Å². The number of carbonyl (C=O) groups excluding carboxylic acids is 2. The van der Waals surface area contributed by atoms with E-state index in [1.165, 1.54) is 12.1 Å². The fourth-order valence-corrected chi connectivity index (χ4v) is 1.99. The van der Waals surface area contributed by atoms with Gasteiger partial charge >= 0.3 is 0 Å². The Morgan fingerprint density at radius 1 is 1.05 bits per heavy atom. The number of nitrogens with one attached hydrogen (secondary N) is 1. The summed E-state index contributed by atoms with van der Waals surface area (Å²) in [5.74, 6) is -1.99. The predicted octanol–water partition coefficient (Wildman–Crippen LogP) is 0.0794. The van der Waals surface area contributed by atoms with E-state index >= 15 is 0 Å². The molecule has 0 aliphatic heterocycles. The maximum absolute atomic E-state index is 11.9. The Balaban J connectivity index is 2.17. The third-order valence-electron chi connectivity index (χ3n) is 2.52. The van der Waals surface area contributed by atoms with Crippen LogP contribution in [0.25, 0.3) is 0 Å². The number of imide groups is 1. The van der Waals surface area contributed by atoms with Crippen molar-refractivity contribution in [2.24, 2.45) is 5.14 Å². The zero-order chi connectivity index (χ0) is 15.6. The minimum atomic E-state index is -4.05. The number of hydrogen-bond acceptors (Lipinski definition) is 6. The number of anilines is 1. The lowest BCUT2D eigenvalue weighted by atomic mass is 10.1. The van der Waals surface area contributed by atoms with E-state index in [-0.39, 0.29) is 17.0 Å². The van der Waals surface area contributed by atoms with Crippen LogP contribution in [0.15, 0.2) is 45.9 Å². The van der Waals surface area contributed by atoms with Gasteiger partial charge in [-0.1, -0.05) is 12.1 Å². The topological polar surface area (TPSA) is 145 Å². The number of para-hydroxylation sites is 1. The average Bonchev–Trinajstić information content (AvgIpc) is 2.88. The highest BCUT2D eigenvalue weighted by atomic mass is 32.2. The number of nitrogen functional groups attached to an aromatic ring is 1. The Labute approximate surface area is 119 Å². The second kappa shape index (κ2) is 5.38. The molecule has 9 heteroatoms. The fraction of sp³-hybridized carbons (Fsp3) is 0. The second-order valence-electron chi connectivity index (χ2n) is 4.03. The molecule has 1 aromatic carbocycles. The van der Waals surface area contributed by atoms with Crippen LogP contribution in [0, 0.1) is 0 Å². The van der Waals surface area contributed by atoms with Crippen LogP contribution in [0.3, 0.4) is 0 Å². The lowest BCUT2D eigenvalue weighted by Crippen LogP contribution is -2.30. The highest BCUT2D eigenvalue weighted by molar-refractivity contribution is 7.89. The molecular weight excluding hydrogens is 298 g/mol. The number of furan rings is 1. The first kappa shape index (κ1) is 14.8. The number of nitrogens with two attached hydrogens (primary N) is 2. The van der Waals surface area contributed by atoms with Crippen molar-refractivity contribution in [2.75, 3.05) is 5.73 Å². The third-order valence-corrected chi connectivity index (χ3v) is 3.30. The molecule has 0 unspecified atom stereocenters. The first-order valence-electron chi connectivity index (χ1n) is 5.62. The summed E-state index contributed by atoms with van der Waals surface area (Å²) in [6.45, 7) is 0. The SMILES string of the molecule is Nc1ccccc1C(=O)NC(=O)c1ccc(S(N)(=O)=O)o1. The van der Waals surface area contributed by atoms with Gasteiger partial charge in [-0.15, -0.1) is 0 Å². The molecule has 0 radical (unpaired) electrons. The average molecular weight is 309 g/mol. The molecule has 0 spiro atoms. The van der Waals surface area contributed by atoms with Crippen molar-refractivity contribution in [1.29, 1.82) is 0 Å². The van der Waals surface area contributed by atoms with Gasteiger partial charge in [0.1, 0.15) is 0 Å². The largest absolute Gasteiger partial charge is 0.438 e. The lowest BCUT2D eigenvalue weighted by Gasteiger charge is -2.04. The van der Waals surface area contributed by atoms with Crippen molar-refractivity contribution in [3.8, 4) is 0 Å². The van der Waals surface area contributed by atoms with E-state index in [1.807, 2.05) is 5.32 Å². The minimum Gasteiger partial charge on any atom is -0.438 e. The summed E-state index contributed by atoms with van der Waals surface area (Å²) in [6.07, 6.45) is 0. The van der Waals surface area contributed by atoms with Crippen LogP contribution in [0.2, 0.25) is 0 Å². The van der Waals surface area contributed by atoms with Crippen molar-refractivity contribution in [3.63, 3.8) is 0 Å². The van der Waals surface area contributed by atoms with Crippen LogP contribution in [-0.2, 0) is 10.0 Å². The Bertz CT molecular complexity index is 810. The summed E-state index contributed by atoms with van der Waals surface area (Å²) in [5.41, 5.74) is 5.92. The van der Waals surface area contributed by atoms with Crippen molar-refractivity contribution in [3.05, 3.63) is 47.7 Å². The quantitative estimate of drug-likeness (QED) is 0.540. The Hall–Kier alpha value is -2.65. The van der Waals surface area contributed by atoms with E-state index in [0.717, 1.165) is 12.1 Å². The van der Waals surface area contributed by atoms with Crippen molar-refractivity contribution >= 4 is 27.5 Å². The molecule has 0 fully saturated rings. The molecule has 2 amide bonds. The van der Waals surface area contributed by atoms with Gasteiger partial charge in [0, 0.05) is 5.69 Å². The molecule has 110 valence electrons. The predicted molar refractivity (Wildman–Crippen MR) is 72.7 cm³/mol. The van der Waals surface area contributed by atoms with Crippen LogP contribution >= 0.6 is 0 Å². The molecule has 8 nitrogen and oxygen atoms in total. The van der Waals surface area contributed by atoms with Crippen molar-refractivity contribution in [1.82, 2.24) is 5.32 Å². The van der Waals surface area contributed by atoms with Gasteiger partial charge in [-0.2, -0.15) is 0 Å². The monoisotopic (exact) mass is 309 g/mol. The first-order valence-corrected chi connectivity index (χ1v) is 7.16. The number of benzene rings is 1. The molecule has 0 aliphatic carbocycles. The molecule has 2 rings (SSSR count). The smallest absolute Gasteiger partial charge is 0.293 e. The van der Waals surface area contributed by atoms with Crippen molar-refractivity contribution in [2.45, 2.75) is 5.09 Å². The number of rotatable bonds is 3. The number of carbonyl (C=O) groups is 2. The highest BCUT2D eigenvalue weighted by Gasteiger charge is 2.20. The van der Waals surface area contributed by atoms with Gasteiger partial charge in [-0.3, -0.25) is 14.9 Å².